The van der Waals surface area contributed by atoms with Gasteiger partial charge >= 0.3 is 89.2 Å². The molecule has 0 saturated heterocycles. The first-order valence-corrected chi connectivity index (χ1v) is 5.71. The van der Waals surface area contributed by atoms with Crippen LogP contribution in [0, 0.1) is 61.4 Å². The number of nitriles is 6. The Balaban J connectivity index is 0. The van der Waals surface area contributed by atoms with E-state index in [9.17, 15) is 0 Å². The molecule has 0 fully saturated rings. The van der Waals surface area contributed by atoms with Crippen molar-refractivity contribution in [3.05, 3.63) is 0 Å². The van der Waals surface area contributed by atoms with E-state index in [-0.39, 0.29) is 17.1 Å². The Morgan fingerprint density at radius 2 is 0.643 bits per heavy atom. The average Bonchev–Trinajstić information content (AvgIpc) is 2.26. The maximum atomic E-state index is 8.58. The van der Waals surface area contributed by atoms with Gasteiger partial charge in [-0.1, -0.05) is 0 Å². The van der Waals surface area contributed by atoms with Crippen LogP contribution in [-0.4, -0.2) is 0 Å². The fourth-order valence-corrected chi connectivity index (χ4v) is 1.09. The minimum atomic E-state index is -6.17. The Hall–Kier alpha value is -2.02. The summed E-state index contributed by atoms with van der Waals surface area (Å²) < 4.78 is 0. The Kier molecular flexibility index (Phi) is 3.14. The topological polar surface area (TPSA) is 143 Å². The molecule has 14 heavy (non-hydrogen) atoms. The standard InChI is InChI=1S/6CN.Cu.Fe/c6*1-2;;/q;;;;;;+2;-2. The molecule has 0 saturated carbocycles. The van der Waals surface area contributed by atoms with E-state index in [0.29, 0.717) is 0 Å². The fourth-order valence-electron chi connectivity index (χ4n) is 0.265. The van der Waals surface area contributed by atoms with Gasteiger partial charge in [-0.15, -0.1) is 0 Å². The molecule has 8 heteroatoms. The van der Waals surface area contributed by atoms with Gasteiger partial charge in [0, 0.05) is 0 Å². The molecule has 0 aliphatic heterocycles. The molecule has 0 atom stereocenters. The largest absolute Gasteiger partial charge is 2.00 e. The minimum Gasteiger partial charge on any atom is 2.00 e. The molecule has 0 amide bonds. The quantitative estimate of drug-likeness (QED) is 0.573. The van der Waals surface area contributed by atoms with Crippen LogP contribution in [0.2, 0.25) is 0 Å². The van der Waals surface area contributed by atoms with Crippen LogP contribution >= 0.6 is 0 Å². The van der Waals surface area contributed by atoms with Crippen LogP contribution in [0.1, 0.15) is 0 Å². The van der Waals surface area contributed by atoms with Crippen molar-refractivity contribution in [1.82, 2.24) is 0 Å². The van der Waals surface area contributed by atoms with Crippen LogP contribution in [-0.2, 0) is 27.8 Å². The molecule has 0 aromatic carbocycles. The molecule has 0 aliphatic carbocycles. The summed E-state index contributed by atoms with van der Waals surface area (Å²) in [6.07, 6.45) is 0. The van der Waals surface area contributed by atoms with Gasteiger partial charge in [-0.2, -0.15) is 0 Å². The number of hydrogen-bond acceptors (Lipinski definition) is 6. The van der Waals surface area contributed by atoms with Crippen molar-refractivity contribution >= 4 is 0 Å². The van der Waals surface area contributed by atoms with Crippen LogP contribution in [0.3, 0.4) is 0 Å². The molecular formula is C6CuFeN6. The normalized spacial score (nSPS) is 12.4. The maximum absolute atomic E-state index is 8.58. The molecule has 1 radical (unpaired) electrons. The second-order valence-corrected chi connectivity index (χ2v) is 7.42. The van der Waals surface area contributed by atoms with E-state index < -0.39 is 10.7 Å². The second-order valence-electron chi connectivity index (χ2n) is 1.80. The van der Waals surface area contributed by atoms with E-state index in [4.69, 9.17) is 31.6 Å². The monoisotopic (exact) mass is 275 g/mol. The van der Waals surface area contributed by atoms with E-state index in [1.165, 1.54) is 0 Å². The van der Waals surface area contributed by atoms with Gasteiger partial charge in [0.15, 0.2) is 0 Å². The van der Waals surface area contributed by atoms with Crippen LogP contribution < -0.4 is 0 Å². The zero-order valence-corrected chi connectivity index (χ0v) is 8.38. The van der Waals surface area contributed by atoms with Crippen LogP contribution in [0.4, 0.5) is 0 Å². The van der Waals surface area contributed by atoms with Crippen LogP contribution in [0.5, 0.6) is 0 Å². The van der Waals surface area contributed by atoms with E-state index >= 15 is 0 Å². The molecular weight excluding hydrogens is 275 g/mol. The van der Waals surface area contributed by atoms with E-state index in [0.717, 1.165) is 29.8 Å². The summed E-state index contributed by atoms with van der Waals surface area (Å²) in [7, 11) is -6.17. The van der Waals surface area contributed by atoms with Crippen molar-refractivity contribution in [3.8, 4) is 29.8 Å². The summed E-state index contributed by atoms with van der Waals surface area (Å²) >= 11 is 0. The summed E-state index contributed by atoms with van der Waals surface area (Å²) in [6.45, 7) is 0. The van der Waals surface area contributed by atoms with Gasteiger partial charge in [-0.05, 0) is 0 Å². The van der Waals surface area contributed by atoms with Crippen molar-refractivity contribution < 1.29 is 27.8 Å². The molecule has 0 N–H and O–H groups in total. The first-order chi connectivity index (χ1) is 5.97. The number of rotatable bonds is 0. The molecule has 6 nitrogen and oxygen atoms in total. The molecule has 0 unspecified atom stereocenters. The SMILES string of the molecule is N#[C][Fe-2]([C]#N)([C]#N)([C]#N)([C]#N)[C]#N.[Cu+2]. The summed E-state index contributed by atoms with van der Waals surface area (Å²) in [5.74, 6) is 0. The molecule has 0 aromatic heterocycles. The van der Waals surface area contributed by atoms with Crippen molar-refractivity contribution in [2.75, 3.05) is 0 Å². The third kappa shape index (κ3) is 1.03. The molecule has 0 rings (SSSR count). The van der Waals surface area contributed by atoms with Crippen molar-refractivity contribution in [2.24, 2.45) is 0 Å². The van der Waals surface area contributed by atoms with E-state index in [1.54, 1.807) is 0 Å². The summed E-state index contributed by atoms with van der Waals surface area (Å²) in [6, 6.07) is 0. The predicted octanol–water partition coefficient (Wildman–Crippen LogP) is 0.0957. The molecule has 0 spiro atoms. The summed E-state index contributed by atoms with van der Waals surface area (Å²) in [4.78, 5) is 6.19. The van der Waals surface area contributed by atoms with Gasteiger partial charge in [0.2, 0.25) is 0 Å². The van der Waals surface area contributed by atoms with Gasteiger partial charge in [-0.25, -0.2) is 0 Å². The van der Waals surface area contributed by atoms with E-state index in [1.807, 2.05) is 0 Å². The van der Waals surface area contributed by atoms with Crippen molar-refractivity contribution in [1.29, 1.82) is 31.6 Å². The molecule has 0 bridgehead atoms. The molecule has 0 heterocycles. The third-order valence-electron chi connectivity index (χ3n) is 1.19. The van der Waals surface area contributed by atoms with Gasteiger partial charge in [0.25, 0.3) is 0 Å². The number of nitrogens with zero attached hydrogens (tertiary/aromatic N) is 6. The first-order valence-electron chi connectivity index (χ1n) is 2.40. The minimum absolute atomic E-state index is 0. The Bertz CT molecular complexity index is 392. The van der Waals surface area contributed by atoms with Gasteiger partial charge < -0.3 is 0 Å². The average molecular weight is 275 g/mol. The Labute approximate surface area is 89.2 Å². The Morgan fingerprint density at radius 1 is 0.500 bits per heavy atom. The summed E-state index contributed by atoms with van der Waals surface area (Å²) in [5, 5.41) is 51.5. The molecule has 0 aliphatic rings. The van der Waals surface area contributed by atoms with Crippen molar-refractivity contribution in [2.45, 2.75) is 0 Å². The van der Waals surface area contributed by atoms with E-state index in [2.05, 4.69) is 0 Å². The van der Waals surface area contributed by atoms with Gasteiger partial charge in [0.1, 0.15) is 0 Å². The zero-order valence-electron chi connectivity index (χ0n) is 6.34. The zero-order chi connectivity index (χ0) is 10.7. The number of hydrogen-bond donors (Lipinski definition) is 0. The second kappa shape index (κ2) is 3.04. The smallest absolute Gasteiger partial charge is 2.00 e. The first kappa shape index (κ1) is 14.5. The van der Waals surface area contributed by atoms with Crippen molar-refractivity contribution in [3.63, 3.8) is 0 Å². The van der Waals surface area contributed by atoms with Crippen LogP contribution in [0.15, 0.2) is 0 Å². The fraction of sp³-hybridized carbons (Fsp3) is 0. The van der Waals surface area contributed by atoms with Gasteiger partial charge in [0.05, 0.1) is 0 Å². The maximum Gasteiger partial charge on any atom is 2.00 e. The molecule has 73 valence electrons. The Morgan fingerprint density at radius 3 is 0.643 bits per heavy atom. The summed E-state index contributed by atoms with van der Waals surface area (Å²) in [5.41, 5.74) is 0. The van der Waals surface area contributed by atoms with Crippen LogP contribution in [0.25, 0.3) is 0 Å². The molecule has 0 aromatic rings. The predicted molar refractivity (Wildman–Crippen MR) is 33.7 cm³/mol. The third-order valence-corrected chi connectivity index (χ3v) is 4.89. The van der Waals surface area contributed by atoms with Gasteiger partial charge in [-0.3, -0.25) is 0 Å².